The van der Waals surface area contributed by atoms with Crippen LogP contribution in [0.2, 0.25) is 0 Å². The highest BCUT2D eigenvalue weighted by Crippen LogP contribution is 2.44. The number of hydrogen-bond donors (Lipinski definition) is 1. The van der Waals surface area contributed by atoms with Crippen molar-refractivity contribution >= 4 is 22.4 Å². The van der Waals surface area contributed by atoms with Gasteiger partial charge in [-0.15, -0.1) is 11.3 Å². The first-order chi connectivity index (χ1) is 10.9. The van der Waals surface area contributed by atoms with Gasteiger partial charge in [0.1, 0.15) is 5.60 Å². The smallest absolute Gasteiger partial charge is 0.225 e. The van der Waals surface area contributed by atoms with Gasteiger partial charge in [-0.05, 0) is 26.0 Å². The number of anilines is 1. The number of methoxy groups -OCH3 is 1. The molecule has 122 valence electrons. The Morgan fingerprint density at radius 3 is 2.96 bits per heavy atom. The third-order valence-electron chi connectivity index (χ3n) is 3.71. The number of rotatable bonds is 4. The monoisotopic (exact) mass is 332 g/mol. The summed E-state index contributed by atoms with van der Waals surface area (Å²) in [5, 5.41) is 5.34. The predicted molar refractivity (Wildman–Crippen MR) is 91.4 cm³/mol. The van der Waals surface area contributed by atoms with Crippen molar-refractivity contribution in [3.05, 3.63) is 23.1 Å². The molecule has 0 unspecified atom stereocenters. The summed E-state index contributed by atoms with van der Waals surface area (Å²) in [7, 11) is 1.64. The molecule has 0 fully saturated rings. The van der Waals surface area contributed by atoms with E-state index < -0.39 is 0 Å². The van der Waals surface area contributed by atoms with Gasteiger partial charge < -0.3 is 14.8 Å². The maximum atomic E-state index is 11.5. The molecular formula is C17H20N2O3S. The van der Waals surface area contributed by atoms with E-state index in [2.05, 4.69) is 30.2 Å². The average molecular weight is 332 g/mol. The standard InChI is InChI=1S/C17H20N2O3S/c1-5-14(20)19-16-18-12(9-23-16)10-6-11-8-17(2,3)22-15(11)13(7-10)21-4/h6-7,9H,5,8H2,1-4H3,(H,18,19,20). The van der Waals surface area contributed by atoms with Gasteiger partial charge in [-0.3, -0.25) is 4.79 Å². The Kier molecular flexibility index (Phi) is 4.02. The second-order valence-electron chi connectivity index (χ2n) is 6.14. The quantitative estimate of drug-likeness (QED) is 0.923. The Bertz CT molecular complexity index is 752. The fourth-order valence-corrected chi connectivity index (χ4v) is 3.38. The molecule has 0 spiro atoms. The Morgan fingerprint density at radius 2 is 2.26 bits per heavy atom. The van der Waals surface area contributed by atoms with E-state index in [4.69, 9.17) is 9.47 Å². The Morgan fingerprint density at radius 1 is 1.48 bits per heavy atom. The maximum Gasteiger partial charge on any atom is 0.225 e. The zero-order valence-corrected chi connectivity index (χ0v) is 14.5. The molecule has 6 heteroatoms. The van der Waals surface area contributed by atoms with Gasteiger partial charge in [0.2, 0.25) is 5.91 Å². The van der Waals surface area contributed by atoms with Crippen molar-refractivity contribution in [3.8, 4) is 22.8 Å². The molecule has 0 saturated carbocycles. The number of nitrogens with one attached hydrogen (secondary N) is 1. The Hall–Kier alpha value is -2.08. The van der Waals surface area contributed by atoms with Gasteiger partial charge in [0.15, 0.2) is 16.6 Å². The number of ether oxygens (including phenoxy) is 2. The number of carbonyl (C=O) groups excluding carboxylic acids is 1. The lowest BCUT2D eigenvalue weighted by Gasteiger charge is -2.17. The van der Waals surface area contributed by atoms with Crippen LogP contribution in [-0.4, -0.2) is 23.6 Å². The van der Waals surface area contributed by atoms with E-state index in [0.29, 0.717) is 11.6 Å². The van der Waals surface area contributed by atoms with Crippen molar-refractivity contribution in [2.75, 3.05) is 12.4 Å². The maximum absolute atomic E-state index is 11.5. The lowest BCUT2D eigenvalue weighted by atomic mass is 9.99. The normalized spacial score (nSPS) is 15.0. The highest BCUT2D eigenvalue weighted by molar-refractivity contribution is 7.14. The number of nitrogens with zero attached hydrogens (tertiary/aromatic N) is 1. The summed E-state index contributed by atoms with van der Waals surface area (Å²) in [6.45, 7) is 5.94. The first kappa shape index (κ1) is 15.8. The summed E-state index contributed by atoms with van der Waals surface area (Å²) < 4.78 is 11.5. The molecule has 5 nitrogen and oxygen atoms in total. The van der Waals surface area contributed by atoms with Gasteiger partial charge in [-0.25, -0.2) is 4.98 Å². The van der Waals surface area contributed by atoms with Crippen molar-refractivity contribution in [3.63, 3.8) is 0 Å². The summed E-state index contributed by atoms with van der Waals surface area (Å²) in [5.74, 6) is 1.50. The van der Waals surface area contributed by atoms with Crippen molar-refractivity contribution in [1.29, 1.82) is 0 Å². The van der Waals surface area contributed by atoms with E-state index in [1.165, 1.54) is 11.3 Å². The van der Waals surface area contributed by atoms with Gasteiger partial charge in [-0.2, -0.15) is 0 Å². The number of carbonyl (C=O) groups is 1. The van der Waals surface area contributed by atoms with E-state index in [1.807, 2.05) is 18.4 Å². The van der Waals surface area contributed by atoms with Gasteiger partial charge in [0, 0.05) is 29.3 Å². The van der Waals surface area contributed by atoms with E-state index in [-0.39, 0.29) is 11.5 Å². The highest BCUT2D eigenvalue weighted by Gasteiger charge is 2.33. The molecule has 1 aliphatic heterocycles. The lowest BCUT2D eigenvalue weighted by Crippen LogP contribution is -2.24. The average Bonchev–Trinajstić information content (AvgIpc) is 3.08. The van der Waals surface area contributed by atoms with E-state index in [9.17, 15) is 4.79 Å². The van der Waals surface area contributed by atoms with Crippen LogP contribution in [0.15, 0.2) is 17.5 Å². The van der Waals surface area contributed by atoms with E-state index >= 15 is 0 Å². The molecule has 2 aromatic rings. The fraction of sp³-hybridized carbons (Fsp3) is 0.412. The number of aromatic nitrogens is 1. The van der Waals surface area contributed by atoms with Crippen LogP contribution < -0.4 is 14.8 Å². The SMILES string of the molecule is CCC(=O)Nc1nc(-c2cc3c(c(OC)c2)OC(C)(C)C3)cs1. The molecule has 1 aliphatic rings. The molecule has 0 radical (unpaired) electrons. The number of thiazole rings is 1. The Labute approximate surface area is 139 Å². The van der Waals surface area contributed by atoms with Gasteiger partial charge in [-0.1, -0.05) is 6.92 Å². The molecule has 1 aromatic heterocycles. The number of amides is 1. The second-order valence-corrected chi connectivity index (χ2v) is 7.00. The van der Waals surface area contributed by atoms with Crippen LogP contribution in [0, 0.1) is 0 Å². The van der Waals surface area contributed by atoms with Crippen molar-refractivity contribution in [1.82, 2.24) is 4.98 Å². The molecule has 0 aliphatic carbocycles. The van der Waals surface area contributed by atoms with Crippen LogP contribution in [0.1, 0.15) is 32.8 Å². The fourth-order valence-electron chi connectivity index (χ4n) is 2.65. The molecule has 1 amide bonds. The van der Waals surface area contributed by atoms with Crippen LogP contribution in [0.4, 0.5) is 5.13 Å². The van der Waals surface area contributed by atoms with Gasteiger partial charge >= 0.3 is 0 Å². The minimum absolute atomic E-state index is 0.0346. The molecule has 3 rings (SSSR count). The van der Waals surface area contributed by atoms with Crippen molar-refractivity contribution in [2.24, 2.45) is 0 Å². The van der Waals surface area contributed by atoms with Crippen LogP contribution in [0.5, 0.6) is 11.5 Å². The third-order valence-corrected chi connectivity index (χ3v) is 4.47. The van der Waals surface area contributed by atoms with Crippen molar-refractivity contribution in [2.45, 2.75) is 39.2 Å². The summed E-state index contributed by atoms with van der Waals surface area (Å²) in [6, 6.07) is 4.02. The Balaban J connectivity index is 1.94. The summed E-state index contributed by atoms with van der Waals surface area (Å²) >= 11 is 1.42. The highest BCUT2D eigenvalue weighted by atomic mass is 32.1. The molecule has 0 atom stereocenters. The zero-order valence-electron chi connectivity index (χ0n) is 13.7. The molecule has 1 aromatic carbocycles. The molecule has 0 bridgehead atoms. The first-order valence-electron chi connectivity index (χ1n) is 7.57. The number of hydrogen-bond acceptors (Lipinski definition) is 5. The minimum Gasteiger partial charge on any atom is -0.493 e. The van der Waals surface area contributed by atoms with Crippen molar-refractivity contribution < 1.29 is 14.3 Å². The van der Waals surface area contributed by atoms with Crippen LogP contribution in [0.3, 0.4) is 0 Å². The van der Waals surface area contributed by atoms with Crippen LogP contribution >= 0.6 is 11.3 Å². The summed E-state index contributed by atoms with van der Waals surface area (Å²) in [5.41, 5.74) is 2.69. The molecule has 23 heavy (non-hydrogen) atoms. The number of benzene rings is 1. The van der Waals surface area contributed by atoms with E-state index in [0.717, 1.165) is 34.7 Å². The second kappa shape index (κ2) is 5.85. The van der Waals surface area contributed by atoms with Gasteiger partial charge in [0.05, 0.1) is 12.8 Å². The lowest BCUT2D eigenvalue weighted by molar-refractivity contribution is -0.115. The summed E-state index contributed by atoms with van der Waals surface area (Å²) in [6.07, 6.45) is 1.27. The minimum atomic E-state index is -0.226. The molecular weight excluding hydrogens is 312 g/mol. The molecule has 2 heterocycles. The van der Waals surface area contributed by atoms with Gasteiger partial charge in [0.25, 0.3) is 0 Å². The van der Waals surface area contributed by atoms with Crippen LogP contribution in [0.25, 0.3) is 11.3 Å². The summed E-state index contributed by atoms with van der Waals surface area (Å²) in [4.78, 5) is 16.0. The molecule has 0 saturated heterocycles. The zero-order chi connectivity index (χ0) is 16.6. The number of fused-ring (bicyclic) bond motifs is 1. The first-order valence-corrected chi connectivity index (χ1v) is 8.45. The largest absolute Gasteiger partial charge is 0.493 e. The molecule has 1 N–H and O–H groups in total. The predicted octanol–water partition coefficient (Wildman–Crippen LogP) is 3.88. The van der Waals surface area contributed by atoms with E-state index in [1.54, 1.807) is 7.11 Å². The van der Waals surface area contributed by atoms with Crippen LogP contribution in [-0.2, 0) is 11.2 Å². The topological polar surface area (TPSA) is 60.5 Å². The third kappa shape index (κ3) is 3.17.